The minimum absolute atomic E-state index is 0.192. The predicted octanol–water partition coefficient (Wildman–Crippen LogP) is 4.51. The van der Waals surface area contributed by atoms with E-state index in [2.05, 4.69) is 10.3 Å². The molecule has 1 N–H and O–H groups in total. The maximum absolute atomic E-state index is 12.6. The van der Waals surface area contributed by atoms with Crippen LogP contribution in [0, 0.1) is 0 Å². The first kappa shape index (κ1) is 22.7. The number of ether oxygens (including phenoxy) is 3. The summed E-state index contributed by atoms with van der Waals surface area (Å²) in [5, 5.41) is 3.72. The lowest BCUT2D eigenvalue weighted by Gasteiger charge is -2.15. The van der Waals surface area contributed by atoms with Gasteiger partial charge in [-0.25, -0.2) is 14.4 Å². The Bertz CT molecular complexity index is 1160. The Morgan fingerprint density at radius 1 is 0.938 bits per heavy atom. The molecule has 3 aromatic rings. The molecule has 0 spiro atoms. The molecule has 1 aromatic heterocycles. The van der Waals surface area contributed by atoms with Crippen molar-refractivity contribution in [2.45, 2.75) is 20.3 Å². The molecule has 166 valence electrons. The number of benzene rings is 2. The van der Waals surface area contributed by atoms with Gasteiger partial charge in [0.15, 0.2) is 0 Å². The third-order valence-electron chi connectivity index (χ3n) is 4.59. The number of pyridine rings is 1. The maximum Gasteiger partial charge on any atom is 0.341 e. The zero-order chi connectivity index (χ0) is 23.1. The van der Waals surface area contributed by atoms with E-state index in [0.29, 0.717) is 40.0 Å². The van der Waals surface area contributed by atoms with Crippen molar-refractivity contribution in [2.75, 3.05) is 25.6 Å². The fourth-order valence-corrected chi connectivity index (χ4v) is 3.08. The van der Waals surface area contributed by atoms with Gasteiger partial charge >= 0.3 is 17.9 Å². The number of carbonyl (C=O) groups is 3. The Labute approximate surface area is 185 Å². The van der Waals surface area contributed by atoms with E-state index < -0.39 is 17.9 Å². The lowest BCUT2D eigenvalue weighted by molar-refractivity contribution is 0.0501. The first-order valence-corrected chi connectivity index (χ1v) is 10.2. The van der Waals surface area contributed by atoms with Crippen LogP contribution < -0.4 is 5.32 Å². The Balaban J connectivity index is 2.10. The van der Waals surface area contributed by atoms with Crippen LogP contribution in [0.1, 0.15) is 51.3 Å². The van der Waals surface area contributed by atoms with Crippen molar-refractivity contribution in [3.8, 4) is 0 Å². The highest BCUT2D eigenvalue weighted by molar-refractivity contribution is 6.08. The average Bonchev–Trinajstić information content (AvgIpc) is 2.82. The van der Waals surface area contributed by atoms with E-state index in [1.807, 2.05) is 6.92 Å². The summed E-state index contributed by atoms with van der Waals surface area (Å²) in [4.78, 5) is 41.2. The molecule has 0 unspecified atom stereocenters. The molecular formula is C24H24N2O6. The number of esters is 3. The van der Waals surface area contributed by atoms with Crippen molar-refractivity contribution >= 4 is 40.2 Å². The van der Waals surface area contributed by atoms with Gasteiger partial charge < -0.3 is 19.5 Å². The molecule has 0 aliphatic carbocycles. The minimum Gasteiger partial charge on any atom is -0.465 e. The SMILES string of the molecule is CCCOC(=O)c1cccc(Nc2c(C(=O)OCC)cnc3ccc(C(=O)OC)cc23)c1. The van der Waals surface area contributed by atoms with Gasteiger partial charge in [-0.15, -0.1) is 0 Å². The van der Waals surface area contributed by atoms with Crippen molar-refractivity contribution in [3.05, 3.63) is 65.4 Å². The number of methoxy groups -OCH3 is 1. The summed E-state index contributed by atoms with van der Waals surface area (Å²) >= 11 is 0. The van der Waals surface area contributed by atoms with Gasteiger partial charge in [-0.1, -0.05) is 13.0 Å². The van der Waals surface area contributed by atoms with Gasteiger partial charge in [0.2, 0.25) is 0 Å². The zero-order valence-corrected chi connectivity index (χ0v) is 18.1. The molecule has 0 aliphatic heterocycles. The van der Waals surface area contributed by atoms with Gasteiger partial charge in [0, 0.05) is 17.3 Å². The van der Waals surface area contributed by atoms with E-state index in [0.717, 1.165) is 6.42 Å². The van der Waals surface area contributed by atoms with Crippen molar-refractivity contribution in [3.63, 3.8) is 0 Å². The van der Waals surface area contributed by atoms with Crippen molar-refractivity contribution in [1.82, 2.24) is 4.98 Å². The van der Waals surface area contributed by atoms with E-state index in [-0.39, 0.29) is 12.2 Å². The number of fused-ring (bicyclic) bond motifs is 1. The van der Waals surface area contributed by atoms with Crippen molar-refractivity contribution < 1.29 is 28.6 Å². The molecule has 2 aromatic carbocycles. The van der Waals surface area contributed by atoms with Crippen LogP contribution in [0.15, 0.2) is 48.7 Å². The molecule has 32 heavy (non-hydrogen) atoms. The number of anilines is 2. The summed E-state index contributed by atoms with van der Waals surface area (Å²) in [5.41, 5.74) is 2.39. The molecule has 8 heteroatoms. The number of nitrogens with zero attached hydrogens (tertiary/aromatic N) is 1. The molecule has 0 bridgehead atoms. The van der Waals surface area contributed by atoms with E-state index in [1.165, 1.54) is 13.3 Å². The largest absolute Gasteiger partial charge is 0.465 e. The van der Waals surface area contributed by atoms with Crippen LogP contribution in [0.3, 0.4) is 0 Å². The highest BCUT2D eigenvalue weighted by Gasteiger charge is 2.19. The number of rotatable bonds is 8. The number of hydrogen-bond donors (Lipinski definition) is 1. The minimum atomic E-state index is -0.564. The summed E-state index contributed by atoms with van der Waals surface area (Å²) in [5.74, 6) is -1.51. The Kier molecular flexibility index (Phi) is 7.38. The second-order valence-corrected chi connectivity index (χ2v) is 6.83. The molecule has 0 fully saturated rings. The lowest BCUT2D eigenvalue weighted by atomic mass is 10.1. The average molecular weight is 436 g/mol. The van der Waals surface area contributed by atoms with Crippen LogP contribution in [-0.4, -0.2) is 43.2 Å². The van der Waals surface area contributed by atoms with E-state index >= 15 is 0 Å². The highest BCUT2D eigenvalue weighted by atomic mass is 16.5. The number of hydrogen-bond acceptors (Lipinski definition) is 8. The van der Waals surface area contributed by atoms with E-state index in [9.17, 15) is 14.4 Å². The molecule has 8 nitrogen and oxygen atoms in total. The molecule has 0 atom stereocenters. The third-order valence-corrected chi connectivity index (χ3v) is 4.59. The lowest BCUT2D eigenvalue weighted by Crippen LogP contribution is -2.10. The van der Waals surface area contributed by atoms with Gasteiger partial charge in [0.25, 0.3) is 0 Å². The molecule has 0 saturated carbocycles. The Morgan fingerprint density at radius 2 is 1.72 bits per heavy atom. The summed E-state index contributed by atoms with van der Waals surface area (Å²) in [6.07, 6.45) is 2.14. The predicted molar refractivity (Wildman–Crippen MR) is 119 cm³/mol. The zero-order valence-electron chi connectivity index (χ0n) is 18.1. The highest BCUT2D eigenvalue weighted by Crippen LogP contribution is 2.31. The first-order valence-electron chi connectivity index (χ1n) is 10.2. The standard InChI is InChI=1S/C24H24N2O6/c1-4-11-32-23(28)15-7-6-8-17(12-15)26-21-18-13-16(22(27)30-3)9-10-20(18)25-14-19(21)24(29)31-5-2/h6-10,12-14H,4-5,11H2,1-3H3,(H,25,26). The van der Waals surface area contributed by atoms with Crippen LogP contribution in [0.25, 0.3) is 10.9 Å². The molecular weight excluding hydrogens is 412 g/mol. The maximum atomic E-state index is 12.6. The van der Waals surface area contributed by atoms with Crippen LogP contribution in [-0.2, 0) is 14.2 Å². The van der Waals surface area contributed by atoms with Gasteiger partial charge in [-0.3, -0.25) is 4.98 Å². The summed E-state index contributed by atoms with van der Waals surface area (Å²) in [7, 11) is 1.29. The smallest absolute Gasteiger partial charge is 0.341 e. The molecule has 0 saturated heterocycles. The normalized spacial score (nSPS) is 10.5. The monoisotopic (exact) mass is 436 g/mol. The third kappa shape index (κ3) is 5.03. The first-order chi connectivity index (χ1) is 15.5. The van der Waals surface area contributed by atoms with Crippen molar-refractivity contribution in [2.24, 2.45) is 0 Å². The van der Waals surface area contributed by atoms with Crippen LogP contribution >= 0.6 is 0 Å². The fraction of sp³-hybridized carbons (Fsp3) is 0.250. The van der Waals surface area contributed by atoms with Gasteiger partial charge in [-0.2, -0.15) is 0 Å². The topological polar surface area (TPSA) is 104 Å². The van der Waals surface area contributed by atoms with Crippen LogP contribution in [0.2, 0.25) is 0 Å². The number of nitrogens with one attached hydrogen (secondary N) is 1. The Hall–Kier alpha value is -3.94. The Morgan fingerprint density at radius 3 is 2.44 bits per heavy atom. The molecule has 3 rings (SSSR count). The quantitative estimate of drug-likeness (QED) is 0.406. The number of aromatic nitrogens is 1. The van der Waals surface area contributed by atoms with Gasteiger partial charge in [-0.05, 0) is 49.7 Å². The summed E-state index contributed by atoms with van der Waals surface area (Å²) in [6.45, 7) is 4.14. The molecule has 0 aliphatic rings. The molecule has 0 amide bonds. The molecule has 0 radical (unpaired) electrons. The second-order valence-electron chi connectivity index (χ2n) is 6.83. The summed E-state index contributed by atoms with van der Waals surface area (Å²) in [6, 6.07) is 11.6. The van der Waals surface area contributed by atoms with Crippen LogP contribution in [0.5, 0.6) is 0 Å². The molecule has 1 heterocycles. The number of carbonyl (C=O) groups excluding carboxylic acids is 3. The van der Waals surface area contributed by atoms with Gasteiger partial charge in [0.05, 0.1) is 42.7 Å². The fourth-order valence-electron chi connectivity index (χ4n) is 3.08. The van der Waals surface area contributed by atoms with Crippen molar-refractivity contribution in [1.29, 1.82) is 0 Å². The summed E-state index contributed by atoms with van der Waals surface area (Å²) < 4.78 is 15.2. The van der Waals surface area contributed by atoms with Crippen LogP contribution in [0.4, 0.5) is 11.4 Å². The second kappa shape index (κ2) is 10.4. The van der Waals surface area contributed by atoms with E-state index in [4.69, 9.17) is 14.2 Å². The van der Waals surface area contributed by atoms with Gasteiger partial charge in [0.1, 0.15) is 5.56 Å². The van der Waals surface area contributed by atoms with E-state index in [1.54, 1.807) is 49.4 Å².